The number of nitrogens with two attached hydrogens (primary N) is 1. The van der Waals surface area contributed by atoms with Gasteiger partial charge in [0.25, 0.3) is 0 Å². The fourth-order valence-electron chi connectivity index (χ4n) is 3.28. The lowest BCUT2D eigenvalue weighted by Crippen LogP contribution is -2.53. The summed E-state index contributed by atoms with van der Waals surface area (Å²) in [5.41, 5.74) is 6.00. The number of piperidine rings is 1. The van der Waals surface area contributed by atoms with Gasteiger partial charge >= 0.3 is 0 Å². The number of likely N-dealkylation sites (tertiary alicyclic amines) is 1. The Hall–Kier alpha value is -0.120. The van der Waals surface area contributed by atoms with Crippen molar-refractivity contribution in [2.24, 2.45) is 11.7 Å². The molecule has 0 spiro atoms. The summed E-state index contributed by atoms with van der Waals surface area (Å²) >= 11 is 0. The van der Waals surface area contributed by atoms with Crippen LogP contribution in [0.4, 0.5) is 0 Å². The fourth-order valence-corrected chi connectivity index (χ4v) is 3.28. The molecule has 2 rings (SSSR count). The number of nitrogens with zero attached hydrogens (tertiary/aromatic N) is 1. The van der Waals surface area contributed by atoms with Crippen LogP contribution in [0.2, 0.25) is 0 Å². The Bertz CT molecular complexity index is 204. The van der Waals surface area contributed by atoms with Gasteiger partial charge in [-0.2, -0.15) is 0 Å². The maximum absolute atomic E-state index is 6.00. The third kappa shape index (κ3) is 2.76. The molecule has 0 aromatic heterocycles. The molecule has 2 fully saturated rings. The molecule has 2 aliphatic rings. The molecule has 3 heteroatoms. The molecule has 0 aliphatic carbocycles. The van der Waals surface area contributed by atoms with Gasteiger partial charge in [-0.15, -0.1) is 0 Å². The molecule has 0 saturated carbocycles. The van der Waals surface area contributed by atoms with Gasteiger partial charge < -0.3 is 10.5 Å². The van der Waals surface area contributed by atoms with Gasteiger partial charge in [0.05, 0.1) is 6.61 Å². The fraction of sp³-hybridized carbons (Fsp3) is 1.00. The van der Waals surface area contributed by atoms with Crippen molar-refractivity contribution in [1.29, 1.82) is 0 Å². The Kier molecular flexibility index (Phi) is 4.62. The normalized spacial score (nSPS) is 34.9. The van der Waals surface area contributed by atoms with E-state index >= 15 is 0 Å². The van der Waals surface area contributed by atoms with E-state index in [1.165, 1.54) is 38.6 Å². The Morgan fingerprint density at radius 2 is 2.19 bits per heavy atom. The summed E-state index contributed by atoms with van der Waals surface area (Å²) in [4.78, 5) is 2.64. The molecule has 2 N–H and O–H groups in total. The maximum Gasteiger partial charge on any atom is 0.0509 e. The first-order valence-corrected chi connectivity index (χ1v) is 6.86. The minimum absolute atomic E-state index is 0.551. The van der Waals surface area contributed by atoms with Crippen molar-refractivity contribution in [1.82, 2.24) is 4.90 Å². The van der Waals surface area contributed by atoms with Crippen molar-refractivity contribution in [2.45, 2.75) is 51.1 Å². The molecule has 0 amide bonds. The highest BCUT2D eigenvalue weighted by atomic mass is 16.5. The zero-order valence-electron chi connectivity index (χ0n) is 10.5. The molecule has 2 saturated heterocycles. The van der Waals surface area contributed by atoms with Crippen LogP contribution >= 0.6 is 0 Å². The Morgan fingerprint density at radius 1 is 1.31 bits per heavy atom. The summed E-state index contributed by atoms with van der Waals surface area (Å²) < 4.78 is 5.61. The van der Waals surface area contributed by atoms with E-state index in [-0.39, 0.29) is 0 Å². The highest BCUT2D eigenvalue weighted by Crippen LogP contribution is 2.26. The van der Waals surface area contributed by atoms with E-state index in [1.807, 2.05) is 0 Å². The van der Waals surface area contributed by atoms with Crippen molar-refractivity contribution in [3.05, 3.63) is 0 Å². The van der Waals surface area contributed by atoms with Gasteiger partial charge in [-0.25, -0.2) is 0 Å². The minimum Gasteiger partial charge on any atom is -0.381 e. The molecule has 16 heavy (non-hydrogen) atoms. The standard InChI is InChI=1S/C13H26N2O/c1-11-5-2-3-7-15(11)13(9-14)12-6-4-8-16-10-12/h11-13H,2-10,14H2,1H3. The van der Waals surface area contributed by atoms with Gasteiger partial charge in [0.15, 0.2) is 0 Å². The summed E-state index contributed by atoms with van der Waals surface area (Å²) in [6.45, 7) is 6.25. The molecule has 2 heterocycles. The van der Waals surface area contributed by atoms with E-state index in [0.29, 0.717) is 18.0 Å². The van der Waals surface area contributed by atoms with Gasteiger partial charge in [-0.1, -0.05) is 6.42 Å². The van der Waals surface area contributed by atoms with Crippen LogP contribution in [-0.2, 0) is 4.74 Å². The van der Waals surface area contributed by atoms with Crippen LogP contribution in [0.25, 0.3) is 0 Å². The van der Waals surface area contributed by atoms with Crippen LogP contribution < -0.4 is 5.73 Å². The van der Waals surface area contributed by atoms with Crippen molar-refractivity contribution in [2.75, 3.05) is 26.3 Å². The molecule has 3 nitrogen and oxygen atoms in total. The predicted octanol–water partition coefficient (Wildman–Crippen LogP) is 1.61. The Labute approximate surface area is 99.3 Å². The number of rotatable bonds is 3. The monoisotopic (exact) mass is 226 g/mol. The lowest BCUT2D eigenvalue weighted by molar-refractivity contribution is -0.00705. The molecular formula is C13H26N2O. The smallest absolute Gasteiger partial charge is 0.0509 e. The number of ether oxygens (including phenoxy) is 1. The van der Waals surface area contributed by atoms with Crippen LogP contribution in [0.3, 0.4) is 0 Å². The van der Waals surface area contributed by atoms with Crippen LogP contribution in [0.5, 0.6) is 0 Å². The molecule has 3 unspecified atom stereocenters. The second-order valence-electron chi connectivity index (χ2n) is 5.36. The first-order chi connectivity index (χ1) is 7.83. The Balaban J connectivity index is 1.96. The van der Waals surface area contributed by atoms with Gasteiger partial charge in [0.2, 0.25) is 0 Å². The lowest BCUT2D eigenvalue weighted by atomic mass is 9.89. The molecule has 0 aromatic carbocycles. The van der Waals surface area contributed by atoms with Gasteiger partial charge in [-0.05, 0) is 45.1 Å². The van der Waals surface area contributed by atoms with Crippen molar-refractivity contribution < 1.29 is 4.74 Å². The third-order valence-electron chi connectivity index (χ3n) is 4.26. The quantitative estimate of drug-likeness (QED) is 0.794. The van der Waals surface area contributed by atoms with Crippen molar-refractivity contribution in [3.63, 3.8) is 0 Å². The maximum atomic E-state index is 6.00. The molecule has 0 radical (unpaired) electrons. The summed E-state index contributed by atoms with van der Waals surface area (Å²) in [6.07, 6.45) is 6.57. The minimum atomic E-state index is 0.551. The second kappa shape index (κ2) is 5.99. The molecule has 0 bridgehead atoms. The zero-order valence-corrected chi connectivity index (χ0v) is 10.5. The topological polar surface area (TPSA) is 38.5 Å². The van der Waals surface area contributed by atoms with E-state index in [4.69, 9.17) is 10.5 Å². The van der Waals surface area contributed by atoms with Crippen molar-refractivity contribution >= 4 is 0 Å². The molecule has 0 aromatic rings. The van der Waals surface area contributed by atoms with Gasteiger partial charge in [0.1, 0.15) is 0 Å². The Morgan fingerprint density at radius 3 is 2.81 bits per heavy atom. The highest BCUT2D eigenvalue weighted by molar-refractivity contribution is 4.86. The van der Waals surface area contributed by atoms with Crippen LogP contribution in [-0.4, -0.2) is 43.3 Å². The van der Waals surface area contributed by atoms with E-state index in [1.54, 1.807) is 0 Å². The zero-order chi connectivity index (χ0) is 11.4. The summed E-state index contributed by atoms with van der Waals surface area (Å²) in [7, 11) is 0. The molecular weight excluding hydrogens is 200 g/mol. The van der Waals surface area contributed by atoms with Gasteiger partial charge in [-0.3, -0.25) is 4.90 Å². The van der Waals surface area contributed by atoms with Crippen LogP contribution in [0.15, 0.2) is 0 Å². The first-order valence-electron chi connectivity index (χ1n) is 6.86. The molecule has 94 valence electrons. The van der Waals surface area contributed by atoms with Crippen LogP contribution in [0, 0.1) is 5.92 Å². The van der Waals surface area contributed by atoms with E-state index in [2.05, 4.69) is 11.8 Å². The van der Waals surface area contributed by atoms with E-state index in [9.17, 15) is 0 Å². The first kappa shape index (κ1) is 12.3. The average Bonchev–Trinajstić information content (AvgIpc) is 2.34. The van der Waals surface area contributed by atoms with Crippen molar-refractivity contribution in [3.8, 4) is 0 Å². The summed E-state index contributed by atoms with van der Waals surface area (Å²) in [5, 5.41) is 0. The average molecular weight is 226 g/mol. The third-order valence-corrected chi connectivity index (χ3v) is 4.26. The van der Waals surface area contributed by atoms with Gasteiger partial charge in [0, 0.05) is 25.2 Å². The number of hydrogen-bond acceptors (Lipinski definition) is 3. The molecule has 2 aliphatic heterocycles. The molecule has 3 atom stereocenters. The van der Waals surface area contributed by atoms with E-state index < -0.39 is 0 Å². The predicted molar refractivity (Wildman–Crippen MR) is 66.4 cm³/mol. The number of hydrogen-bond donors (Lipinski definition) is 1. The second-order valence-corrected chi connectivity index (χ2v) is 5.36. The largest absolute Gasteiger partial charge is 0.381 e. The van der Waals surface area contributed by atoms with Crippen LogP contribution in [0.1, 0.15) is 39.0 Å². The highest BCUT2D eigenvalue weighted by Gasteiger charge is 2.31. The van der Waals surface area contributed by atoms with E-state index in [0.717, 1.165) is 19.8 Å². The summed E-state index contributed by atoms with van der Waals surface area (Å²) in [6, 6.07) is 1.26. The lowest BCUT2D eigenvalue weighted by Gasteiger charge is -2.43. The SMILES string of the molecule is CC1CCCCN1C(CN)C1CCCOC1. The summed E-state index contributed by atoms with van der Waals surface area (Å²) in [5.74, 6) is 0.666.